The van der Waals surface area contributed by atoms with Gasteiger partial charge >= 0.3 is 6.09 Å². The van der Waals surface area contributed by atoms with Gasteiger partial charge in [-0.25, -0.2) is 9.78 Å². The molecule has 0 unspecified atom stereocenters. The van der Waals surface area contributed by atoms with Gasteiger partial charge in [-0.1, -0.05) is 13.0 Å². The fraction of sp³-hybridized carbons (Fsp3) is 0.286. The Morgan fingerprint density at radius 3 is 2.90 bits per heavy atom. The van der Waals surface area contributed by atoms with Crippen LogP contribution in [0.3, 0.4) is 0 Å². The van der Waals surface area contributed by atoms with Crippen LogP contribution in [0.4, 0.5) is 16.2 Å². The van der Waals surface area contributed by atoms with Gasteiger partial charge in [0.1, 0.15) is 0 Å². The summed E-state index contributed by atoms with van der Waals surface area (Å²) < 4.78 is 4.56. The minimum absolute atomic E-state index is 0.475. The van der Waals surface area contributed by atoms with Crippen molar-refractivity contribution in [2.75, 3.05) is 17.7 Å². The molecule has 0 aliphatic heterocycles. The van der Waals surface area contributed by atoms with E-state index in [1.807, 2.05) is 30.5 Å². The van der Waals surface area contributed by atoms with E-state index in [1.165, 1.54) is 12.0 Å². The van der Waals surface area contributed by atoms with Crippen molar-refractivity contribution in [1.29, 1.82) is 0 Å². The summed E-state index contributed by atoms with van der Waals surface area (Å²) in [5.74, 6) is 0. The predicted molar refractivity (Wildman–Crippen MR) is 81.3 cm³/mol. The zero-order valence-electron chi connectivity index (χ0n) is 11.5. The summed E-state index contributed by atoms with van der Waals surface area (Å²) in [6.45, 7) is 2.82. The molecular weight excluding hydrogens is 274 g/mol. The lowest BCUT2D eigenvalue weighted by Crippen LogP contribution is -2.11. The smallest absolute Gasteiger partial charge is 0.411 e. The molecule has 5 nitrogen and oxygen atoms in total. The van der Waals surface area contributed by atoms with Crippen LogP contribution in [-0.4, -0.2) is 18.2 Å². The van der Waals surface area contributed by atoms with Crippen molar-refractivity contribution < 1.29 is 9.53 Å². The van der Waals surface area contributed by atoms with Crippen molar-refractivity contribution in [3.8, 4) is 0 Å². The Hall–Kier alpha value is -2.08. The lowest BCUT2D eigenvalue weighted by molar-refractivity contribution is 0.187. The molecular formula is C14H17N3O2S. The standard InChI is InChI=1S/C14H17N3O2S/c1-3-13-16-9-12(20-13)8-15-10-5-4-6-11(7-10)17-14(18)19-2/h4-7,9,15H,3,8H2,1-2H3,(H,17,18). The number of nitrogens with one attached hydrogen (secondary N) is 2. The molecule has 20 heavy (non-hydrogen) atoms. The summed E-state index contributed by atoms with van der Waals surface area (Å²) in [7, 11) is 1.34. The maximum absolute atomic E-state index is 11.1. The lowest BCUT2D eigenvalue weighted by atomic mass is 10.2. The van der Waals surface area contributed by atoms with E-state index < -0.39 is 6.09 Å². The number of carbonyl (C=O) groups excluding carboxylic acids is 1. The largest absolute Gasteiger partial charge is 0.453 e. The van der Waals surface area contributed by atoms with Crippen molar-refractivity contribution in [3.63, 3.8) is 0 Å². The van der Waals surface area contributed by atoms with Gasteiger partial charge in [0.2, 0.25) is 0 Å². The van der Waals surface area contributed by atoms with E-state index in [4.69, 9.17) is 0 Å². The molecule has 0 saturated carbocycles. The predicted octanol–water partition coefficient (Wildman–Crippen LogP) is 3.50. The fourth-order valence-corrected chi connectivity index (χ4v) is 2.46. The number of carbonyl (C=O) groups is 1. The van der Waals surface area contributed by atoms with Crippen LogP contribution in [0.5, 0.6) is 0 Å². The number of hydrogen-bond acceptors (Lipinski definition) is 5. The Bertz CT molecular complexity index is 583. The van der Waals surface area contributed by atoms with Gasteiger partial charge in [-0.2, -0.15) is 0 Å². The second-order valence-electron chi connectivity index (χ2n) is 4.12. The third-order valence-corrected chi connectivity index (χ3v) is 3.81. The number of ether oxygens (including phenoxy) is 1. The Labute approximate surface area is 122 Å². The zero-order chi connectivity index (χ0) is 14.4. The summed E-state index contributed by atoms with van der Waals surface area (Å²) in [6, 6.07) is 7.49. The summed E-state index contributed by atoms with van der Waals surface area (Å²) in [5.41, 5.74) is 1.63. The second kappa shape index (κ2) is 6.91. The summed E-state index contributed by atoms with van der Waals surface area (Å²) >= 11 is 1.71. The number of nitrogens with zero attached hydrogens (tertiary/aromatic N) is 1. The van der Waals surface area contributed by atoms with Crippen LogP contribution in [0.25, 0.3) is 0 Å². The Balaban J connectivity index is 1.95. The van der Waals surface area contributed by atoms with Gasteiger partial charge in [-0.15, -0.1) is 11.3 Å². The quantitative estimate of drug-likeness (QED) is 0.885. The Kier molecular flexibility index (Phi) is 4.95. The number of hydrogen-bond donors (Lipinski definition) is 2. The summed E-state index contributed by atoms with van der Waals surface area (Å²) in [5, 5.41) is 7.08. The van der Waals surface area contributed by atoms with Crippen molar-refractivity contribution >= 4 is 28.8 Å². The first-order valence-electron chi connectivity index (χ1n) is 6.33. The number of thiazole rings is 1. The number of rotatable bonds is 5. The molecule has 1 aromatic heterocycles. The van der Waals surface area contributed by atoms with Crippen LogP contribution in [-0.2, 0) is 17.7 Å². The lowest BCUT2D eigenvalue weighted by Gasteiger charge is -2.08. The van der Waals surface area contributed by atoms with Gasteiger partial charge in [0.15, 0.2) is 0 Å². The number of aryl methyl sites for hydroxylation is 1. The molecule has 2 aromatic rings. The molecule has 0 spiro atoms. The minimum atomic E-state index is -0.475. The zero-order valence-corrected chi connectivity index (χ0v) is 12.3. The number of benzene rings is 1. The van der Waals surface area contributed by atoms with E-state index >= 15 is 0 Å². The van der Waals surface area contributed by atoms with Crippen LogP contribution >= 0.6 is 11.3 Å². The fourth-order valence-electron chi connectivity index (χ4n) is 1.66. The van der Waals surface area contributed by atoms with Crippen LogP contribution < -0.4 is 10.6 Å². The molecule has 106 valence electrons. The van der Waals surface area contributed by atoms with Crippen LogP contribution in [0.15, 0.2) is 30.5 Å². The SMILES string of the molecule is CCc1ncc(CNc2cccc(NC(=O)OC)c2)s1. The molecule has 0 aliphatic rings. The van der Waals surface area contributed by atoms with Gasteiger partial charge < -0.3 is 10.1 Å². The molecule has 0 atom stereocenters. The number of anilines is 2. The highest BCUT2D eigenvalue weighted by Gasteiger charge is 2.03. The van der Waals surface area contributed by atoms with Crippen molar-refractivity contribution in [3.05, 3.63) is 40.3 Å². The number of amides is 1. The van der Waals surface area contributed by atoms with Gasteiger partial charge in [0, 0.05) is 22.4 Å². The molecule has 2 N–H and O–H groups in total. The molecule has 0 bridgehead atoms. The number of methoxy groups -OCH3 is 1. The summed E-state index contributed by atoms with van der Waals surface area (Å²) in [6.07, 6.45) is 2.38. The molecule has 0 radical (unpaired) electrons. The topological polar surface area (TPSA) is 63.2 Å². The Morgan fingerprint density at radius 1 is 1.40 bits per heavy atom. The molecule has 0 saturated heterocycles. The highest BCUT2D eigenvalue weighted by atomic mass is 32.1. The van der Waals surface area contributed by atoms with E-state index in [9.17, 15) is 4.79 Å². The molecule has 0 aliphatic carbocycles. The second-order valence-corrected chi connectivity index (χ2v) is 5.32. The summed E-state index contributed by atoms with van der Waals surface area (Å²) in [4.78, 5) is 16.7. The van der Waals surface area contributed by atoms with E-state index in [-0.39, 0.29) is 0 Å². The third-order valence-electron chi connectivity index (χ3n) is 2.67. The van der Waals surface area contributed by atoms with E-state index in [0.717, 1.165) is 23.7 Å². The van der Waals surface area contributed by atoms with Crippen molar-refractivity contribution in [1.82, 2.24) is 4.98 Å². The third kappa shape index (κ3) is 3.96. The van der Waals surface area contributed by atoms with Gasteiger partial charge in [0.25, 0.3) is 0 Å². The normalized spacial score (nSPS) is 10.1. The van der Waals surface area contributed by atoms with Crippen LogP contribution in [0, 0.1) is 0 Å². The first-order chi connectivity index (χ1) is 9.71. The van der Waals surface area contributed by atoms with Crippen LogP contribution in [0.1, 0.15) is 16.8 Å². The first-order valence-corrected chi connectivity index (χ1v) is 7.15. The highest BCUT2D eigenvalue weighted by Crippen LogP contribution is 2.18. The number of aromatic nitrogens is 1. The maximum Gasteiger partial charge on any atom is 0.411 e. The van der Waals surface area contributed by atoms with Gasteiger partial charge in [0.05, 0.1) is 18.7 Å². The maximum atomic E-state index is 11.1. The molecule has 1 heterocycles. The molecule has 1 aromatic carbocycles. The minimum Gasteiger partial charge on any atom is -0.453 e. The molecule has 6 heteroatoms. The average molecular weight is 291 g/mol. The van der Waals surface area contributed by atoms with E-state index in [0.29, 0.717) is 5.69 Å². The monoisotopic (exact) mass is 291 g/mol. The van der Waals surface area contributed by atoms with Crippen molar-refractivity contribution in [2.45, 2.75) is 19.9 Å². The van der Waals surface area contributed by atoms with E-state index in [1.54, 1.807) is 11.3 Å². The first kappa shape index (κ1) is 14.3. The Morgan fingerprint density at radius 2 is 2.20 bits per heavy atom. The average Bonchev–Trinajstić information content (AvgIpc) is 2.93. The highest BCUT2D eigenvalue weighted by molar-refractivity contribution is 7.11. The van der Waals surface area contributed by atoms with E-state index in [2.05, 4.69) is 27.3 Å². The molecule has 0 fully saturated rings. The van der Waals surface area contributed by atoms with Gasteiger partial charge in [-0.3, -0.25) is 5.32 Å². The van der Waals surface area contributed by atoms with Crippen molar-refractivity contribution in [2.24, 2.45) is 0 Å². The molecule has 1 amide bonds. The molecule has 2 rings (SSSR count). The van der Waals surface area contributed by atoms with Gasteiger partial charge in [-0.05, 0) is 24.6 Å². The van der Waals surface area contributed by atoms with Crippen LogP contribution in [0.2, 0.25) is 0 Å².